The third-order valence-electron chi connectivity index (χ3n) is 5.07. The van der Waals surface area contributed by atoms with Crippen molar-refractivity contribution in [2.24, 2.45) is 0 Å². The van der Waals surface area contributed by atoms with Gasteiger partial charge in [-0.15, -0.1) is 0 Å². The van der Waals surface area contributed by atoms with Gasteiger partial charge in [0.25, 0.3) is 0 Å². The molecule has 22 heavy (non-hydrogen) atoms. The van der Waals surface area contributed by atoms with E-state index in [-0.39, 0.29) is 0 Å². The number of benzene rings is 1. The lowest BCUT2D eigenvalue weighted by Crippen LogP contribution is -2.38. The first-order valence-electron chi connectivity index (χ1n) is 8.60. The highest BCUT2D eigenvalue weighted by atomic mass is 16.5. The van der Waals surface area contributed by atoms with Gasteiger partial charge in [-0.25, -0.2) is 4.98 Å². The van der Waals surface area contributed by atoms with E-state index in [0.29, 0.717) is 18.7 Å². The van der Waals surface area contributed by atoms with Crippen molar-refractivity contribution in [1.29, 1.82) is 0 Å². The first-order valence-corrected chi connectivity index (χ1v) is 8.60. The minimum absolute atomic E-state index is 0.360. The van der Waals surface area contributed by atoms with Crippen molar-refractivity contribution < 1.29 is 4.74 Å². The predicted octanol–water partition coefficient (Wildman–Crippen LogP) is 3.34. The van der Waals surface area contributed by atoms with E-state index < -0.39 is 0 Å². The Morgan fingerprint density at radius 1 is 1.27 bits per heavy atom. The van der Waals surface area contributed by atoms with Crippen LogP contribution in [-0.2, 0) is 11.3 Å². The Kier molecular flexibility index (Phi) is 3.89. The second-order valence-corrected chi connectivity index (χ2v) is 6.80. The van der Waals surface area contributed by atoms with Gasteiger partial charge in [-0.3, -0.25) is 0 Å². The number of aromatic nitrogens is 2. The second kappa shape index (κ2) is 6.01. The quantitative estimate of drug-likeness (QED) is 0.945. The molecule has 1 aromatic heterocycles. The molecule has 1 aliphatic heterocycles. The normalized spacial score (nSPS) is 22.9. The van der Waals surface area contributed by atoms with E-state index in [4.69, 9.17) is 9.72 Å². The molecular formula is C18H25N3O. The van der Waals surface area contributed by atoms with E-state index in [1.54, 1.807) is 0 Å². The minimum atomic E-state index is 0.360. The Morgan fingerprint density at radius 2 is 2.14 bits per heavy atom. The Bertz CT molecular complexity index is 658. The second-order valence-electron chi connectivity index (χ2n) is 6.80. The van der Waals surface area contributed by atoms with Gasteiger partial charge in [0.15, 0.2) is 0 Å². The van der Waals surface area contributed by atoms with Gasteiger partial charge in [0, 0.05) is 12.6 Å². The fraction of sp³-hybridized carbons (Fsp3) is 0.611. The van der Waals surface area contributed by atoms with Crippen molar-refractivity contribution in [3.05, 3.63) is 29.6 Å². The van der Waals surface area contributed by atoms with Gasteiger partial charge in [-0.1, -0.05) is 25.3 Å². The molecule has 0 spiro atoms. The number of hydrogen-bond acceptors (Lipinski definition) is 3. The van der Waals surface area contributed by atoms with Crippen LogP contribution < -0.4 is 5.32 Å². The molecule has 2 aliphatic rings. The summed E-state index contributed by atoms with van der Waals surface area (Å²) in [4.78, 5) is 4.77. The zero-order valence-corrected chi connectivity index (χ0v) is 13.3. The molecule has 0 bridgehead atoms. The van der Waals surface area contributed by atoms with Crippen molar-refractivity contribution in [3.63, 3.8) is 0 Å². The summed E-state index contributed by atoms with van der Waals surface area (Å²) in [5.74, 6) is 1.07. The van der Waals surface area contributed by atoms with Crippen LogP contribution in [0.5, 0.6) is 0 Å². The Hall–Kier alpha value is -1.39. The van der Waals surface area contributed by atoms with Crippen molar-refractivity contribution in [3.8, 4) is 0 Å². The molecule has 1 aromatic carbocycles. The van der Waals surface area contributed by atoms with Crippen LogP contribution in [0.25, 0.3) is 11.0 Å². The minimum Gasteiger partial charge on any atom is -0.371 e. The predicted molar refractivity (Wildman–Crippen MR) is 88.0 cm³/mol. The van der Waals surface area contributed by atoms with Crippen molar-refractivity contribution >= 4 is 11.0 Å². The molecule has 4 heteroatoms. The average molecular weight is 299 g/mol. The number of hydrogen-bond donors (Lipinski definition) is 1. The van der Waals surface area contributed by atoms with Gasteiger partial charge in [-0.2, -0.15) is 0 Å². The van der Waals surface area contributed by atoms with Crippen LogP contribution in [0.1, 0.15) is 49.5 Å². The molecular weight excluding hydrogens is 274 g/mol. The van der Waals surface area contributed by atoms with Crippen LogP contribution in [0.15, 0.2) is 18.2 Å². The molecule has 0 saturated heterocycles. The van der Waals surface area contributed by atoms with Crippen LogP contribution in [0.2, 0.25) is 0 Å². The molecule has 118 valence electrons. The summed E-state index contributed by atoms with van der Waals surface area (Å²) in [6.07, 6.45) is 6.80. The monoisotopic (exact) mass is 299 g/mol. The summed E-state index contributed by atoms with van der Waals surface area (Å²) in [5, 5.41) is 3.77. The average Bonchev–Trinajstić information content (AvgIpc) is 2.91. The Balaban J connectivity index is 1.56. The maximum Gasteiger partial charge on any atom is 0.136 e. The van der Waals surface area contributed by atoms with E-state index in [1.165, 1.54) is 43.2 Å². The smallest absolute Gasteiger partial charge is 0.136 e. The van der Waals surface area contributed by atoms with Crippen LogP contribution in [0.4, 0.5) is 0 Å². The van der Waals surface area contributed by atoms with Crippen molar-refractivity contribution in [1.82, 2.24) is 14.9 Å². The first kappa shape index (κ1) is 14.2. The van der Waals surface area contributed by atoms with Crippen molar-refractivity contribution in [2.75, 3.05) is 13.2 Å². The molecule has 0 unspecified atom stereocenters. The highest BCUT2D eigenvalue weighted by Gasteiger charge is 2.25. The zero-order valence-electron chi connectivity index (χ0n) is 13.3. The van der Waals surface area contributed by atoms with Crippen LogP contribution in [-0.4, -0.2) is 28.7 Å². The summed E-state index contributed by atoms with van der Waals surface area (Å²) in [7, 11) is 0. The number of ether oxygens (including phenoxy) is 1. The Labute approximate surface area is 131 Å². The molecule has 4 rings (SSSR count). The van der Waals surface area contributed by atoms with E-state index in [9.17, 15) is 0 Å². The number of aryl methyl sites for hydroxylation is 1. The summed E-state index contributed by atoms with van der Waals surface area (Å²) in [5.41, 5.74) is 3.61. The Morgan fingerprint density at radius 3 is 3.00 bits per heavy atom. The van der Waals surface area contributed by atoms with Gasteiger partial charge in [0.1, 0.15) is 12.4 Å². The standard InChI is InChI=1S/C18H25N3O/c1-13-7-8-17-16(9-13)20-18-12-22-11-15(21(17)18)10-19-14-5-3-2-4-6-14/h7-9,14-15,19H,2-6,10-12H2,1H3/t15-/m0/s1. The van der Waals surface area contributed by atoms with Gasteiger partial charge in [0.2, 0.25) is 0 Å². The third-order valence-corrected chi connectivity index (χ3v) is 5.07. The molecule has 1 aliphatic carbocycles. The number of nitrogens with zero attached hydrogens (tertiary/aromatic N) is 2. The number of nitrogens with one attached hydrogen (secondary N) is 1. The maximum absolute atomic E-state index is 5.78. The largest absolute Gasteiger partial charge is 0.371 e. The van der Waals surface area contributed by atoms with Crippen LogP contribution in [0.3, 0.4) is 0 Å². The highest BCUT2D eigenvalue weighted by Crippen LogP contribution is 2.27. The fourth-order valence-electron chi connectivity index (χ4n) is 3.89. The molecule has 1 N–H and O–H groups in total. The number of rotatable bonds is 3. The third kappa shape index (κ3) is 2.66. The summed E-state index contributed by atoms with van der Waals surface area (Å²) in [6.45, 7) is 4.52. The molecule has 0 amide bonds. The lowest BCUT2D eigenvalue weighted by Gasteiger charge is -2.30. The number of fused-ring (bicyclic) bond motifs is 3. The fourth-order valence-corrected chi connectivity index (χ4v) is 3.89. The van der Waals surface area contributed by atoms with Crippen molar-refractivity contribution in [2.45, 2.75) is 57.7 Å². The van der Waals surface area contributed by atoms with Crippen LogP contribution >= 0.6 is 0 Å². The van der Waals surface area contributed by atoms with Crippen LogP contribution in [0, 0.1) is 6.92 Å². The molecule has 1 fully saturated rings. The molecule has 1 saturated carbocycles. The van der Waals surface area contributed by atoms with E-state index in [2.05, 4.69) is 35.0 Å². The van der Waals surface area contributed by atoms with E-state index >= 15 is 0 Å². The highest BCUT2D eigenvalue weighted by molar-refractivity contribution is 5.77. The van der Waals surface area contributed by atoms with Gasteiger partial charge >= 0.3 is 0 Å². The number of imidazole rings is 1. The molecule has 2 heterocycles. The lowest BCUT2D eigenvalue weighted by atomic mass is 9.95. The summed E-state index contributed by atoms with van der Waals surface area (Å²) >= 11 is 0. The molecule has 0 radical (unpaired) electrons. The lowest BCUT2D eigenvalue weighted by molar-refractivity contribution is 0.0551. The molecule has 1 atom stereocenters. The van der Waals surface area contributed by atoms with E-state index in [1.807, 2.05) is 0 Å². The SMILES string of the molecule is Cc1ccc2c(c1)nc1n2[C@@H](CNC2CCCCC2)COC1. The van der Waals surface area contributed by atoms with Gasteiger partial charge < -0.3 is 14.6 Å². The summed E-state index contributed by atoms with van der Waals surface area (Å²) < 4.78 is 8.18. The maximum atomic E-state index is 5.78. The zero-order chi connectivity index (χ0) is 14.9. The topological polar surface area (TPSA) is 39.1 Å². The van der Waals surface area contributed by atoms with Gasteiger partial charge in [0.05, 0.1) is 23.7 Å². The van der Waals surface area contributed by atoms with Gasteiger partial charge in [-0.05, 0) is 37.5 Å². The molecule has 4 nitrogen and oxygen atoms in total. The summed E-state index contributed by atoms with van der Waals surface area (Å²) in [6, 6.07) is 7.61. The van der Waals surface area contributed by atoms with E-state index in [0.717, 1.165) is 24.5 Å². The molecule has 2 aromatic rings. The first-order chi connectivity index (χ1) is 10.8.